The van der Waals surface area contributed by atoms with Crippen LogP contribution in [0.4, 0.5) is 23.0 Å². The summed E-state index contributed by atoms with van der Waals surface area (Å²) in [5.41, 5.74) is 14.8. The number of carbonyl (C=O) groups is 2. The fourth-order valence-electron chi connectivity index (χ4n) is 13.7. The van der Waals surface area contributed by atoms with Crippen molar-refractivity contribution in [2.24, 2.45) is 17.3 Å². The molecule has 1 spiro atoms. The van der Waals surface area contributed by atoms with Crippen molar-refractivity contribution in [3.05, 3.63) is 102 Å². The number of thiazole rings is 1. The number of hydrogen-bond donors (Lipinski definition) is 4. The maximum atomic E-state index is 14.4. The Morgan fingerprint density at radius 2 is 1.62 bits per heavy atom. The Labute approximate surface area is 466 Å². The first-order chi connectivity index (χ1) is 38.2. The zero-order valence-corrected chi connectivity index (χ0v) is 46.6. The number of carbonyl (C=O) groups excluding carboxylic acids is 2. The SMILES string of the molecule is Cc1ncsc1-c1ccc([C@H](C)NC(=O)[C@@H]2C[C@@H](O)CN2C(=O)[C@@H](c2cc(N3CCC4(CCN(CC5CC(Oc6cc(N7C8CCC7CN(c7cc(-c9ccccc9O)nnc7N)C8)ccn6)C5)CC4)CC3)no2)C(C)C)cc1. The number of piperidine rings is 2. The largest absolute Gasteiger partial charge is 0.507 e. The summed E-state index contributed by atoms with van der Waals surface area (Å²) < 4.78 is 12.5. The number of aliphatic hydroxyl groups excluding tert-OH is 1. The molecule has 2 aromatic carbocycles. The molecule has 6 aromatic rings. The fraction of sp³-hybridized carbons (Fsp3) is 0.517. The third-order valence-corrected chi connectivity index (χ3v) is 19.3. The Morgan fingerprint density at radius 3 is 2.33 bits per heavy atom. The number of hydrogen-bond acceptors (Lipinski definition) is 17. The van der Waals surface area contributed by atoms with Crippen LogP contribution in [0.2, 0.25) is 0 Å². The highest BCUT2D eigenvalue weighted by Gasteiger charge is 2.46. The van der Waals surface area contributed by atoms with Crippen molar-refractivity contribution in [2.45, 2.75) is 128 Å². The van der Waals surface area contributed by atoms with Crippen LogP contribution in [0.1, 0.15) is 108 Å². The maximum Gasteiger partial charge on any atom is 0.243 e. The summed E-state index contributed by atoms with van der Waals surface area (Å²) in [5.74, 6) is 1.84. The van der Waals surface area contributed by atoms with Gasteiger partial charge in [0.2, 0.25) is 17.7 Å². The van der Waals surface area contributed by atoms with E-state index >= 15 is 0 Å². The van der Waals surface area contributed by atoms with Crippen LogP contribution in [0.5, 0.6) is 11.6 Å². The van der Waals surface area contributed by atoms with E-state index in [1.807, 2.05) is 87.9 Å². The Bertz CT molecular complexity index is 3110. The monoisotopic (exact) mass is 1090 g/mol. The van der Waals surface area contributed by atoms with Crippen LogP contribution in [0.15, 0.2) is 89.0 Å². The number of β-amino-alcohol motifs (C(OH)–C–C–N with tert-alkyl or cyclic N) is 1. The summed E-state index contributed by atoms with van der Waals surface area (Å²) in [6.45, 7) is 14.7. The Hall–Kier alpha value is -6.83. The molecule has 6 aliphatic rings. The summed E-state index contributed by atoms with van der Waals surface area (Å²) in [6.07, 6.45) is 10.3. The summed E-state index contributed by atoms with van der Waals surface area (Å²) in [5, 5.41) is 37.5. The lowest BCUT2D eigenvalue weighted by Gasteiger charge is -2.48. The lowest BCUT2D eigenvalue weighted by Crippen LogP contribution is -2.54. The highest BCUT2D eigenvalue weighted by molar-refractivity contribution is 7.13. The van der Waals surface area contributed by atoms with Crippen molar-refractivity contribution >= 4 is 46.2 Å². The number of phenols is 1. The molecule has 6 fully saturated rings. The summed E-state index contributed by atoms with van der Waals surface area (Å²) >= 11 is 1.60. The predicted molar refractivity (Wildman–Crippen MR) is 305 cm³/mol. The number of amides is 2. The Balaban J connectivity index is 0.588. The van der Waals surface area contributed by atoms with Gasteiger partial charge in [0, 0.05) is 87.4 Å². The molecule has 79 heavy (non-hydrogen) atoms. The molecule has 2 bridgehead atoms. The molecule has 5 saturated heterocycles. The fourth-order valence-corrected chi connectivity index (χ4v) is 14.5. The minimum atomic E-state index is -0.800. The average molecular weight is 1090 g/mol. The predicted octanol–water partition coefficient (Wildman–Crippen LogP) is 8.22. The second-order valence-corrected chi connectivity index (χ2v) is 24.6. The van der Waals surface area contributed by atoms with E-state index in [1.165, 1.54) is 12.8 Å². The lowest BCUT2D eigenvalue weighted by atomic mass is 9.71. The van der Waals surface area contributed by atoms with E-state index < -0.39 is 18.1 Å². The number of pyridine rings is 1. The number of ether oxygens (including phenoxy) is 1. The molecule has 18 nitrogen and oxygen atoms in total. The van der Waals surface area contributed by atoms with E-state index in [1.54, 1.807) is 28.4 Å². The number of nitrogens with two attached hydrogens (primary N) is 1. The highest BCUT2D eigenvalue weighted by Crippen LogP contribution is 2.45. The molecular formula is C60H74N12O6S. The van der Waals surface area contributed by atoms with E-state index in [4.69, 9.17) is 15.0 Å². The number of benzene rings is 2. The molecule has 0 radical (unpaired) electrons. The van der Waals surface area contributed by atoms with Crippen molar-refractivity contribution < 1.29 is 29.1 Å². The van der Waals surface area contributed by atoms with Crippen LogP contribution in [0, 0.1) is 24.2 Å². The number of phenolic OH excluding ortho intramolecular Hbond substituents is 1. The Morgan fingerprint density at radius 1 is 0.886 bits per heavy atom. The van der Waals surface area contributed by atoms with Gasteiger partial charge in [0.15, 0.2) is 17.4 Å². The molecule has 2 amide bonds. The first-order valence-electron chi connectivity index (χ1n) is 28.6. The molecule has 4 aromatic heterocycles. The number of nitrogens with zero attached hydrogens (tertiary/aromatic N) is 10. The van der Waals surface area contributed by atoms with Crippen molar-refractivity contribution in [3.8, 4) is 33.3 Å². The third-order valence-electron chi connectivity index (χ3n) is 18.3. The number of nitrogens with one attached hydrogen (secondary N) is 1. The molecule has 6 atom stereocenters. The lowest BCUT2D eigenvalue weighted by molar-refractivity contribution is -0.141. The van der Waals surface area contributed by atoms with E-state index in [0.29, 0.717) is 52.1 Å². The second-order valence-electron chi connectivity index (χ2n) is 23.8. The molecule has 5 N–H and O–H groups in total. The molecule has 1 saturated carbocycles. The second kappa shape index (κ2) is 22.0. The summed E-state index contributed by atoms with van der Waals surface area (Å²) in [7, 11) is 0. The van der Waals surface area contributed by atoms with Gasteiger partial charge in [-0.15, -0.1) is 21.5 Å². The van der Waals surface area contributed by atoms with Gasteiger partial charge < -0.3 is 55.0 Å². The Kier molecular flexibility index (Phi) is 14.7. The average Bonchev–Trinajstić information content (AvgIpc) is 4.40. The van der Waals surface area contributed by atoms with Gasteiger partial charge in [-0.1, -0.05) is 55.4 Å². The highest BCUT2D eigenvalue weighted by atomic mass is 32.1. The van der Waals surface area contributed by atoms with Crippen LogP contribution in [0.3, 0.4) is 0 Å². The molecule has 1 aliphatic carbocycles. The number of para-hydroxylation sites is 1. The molecule has 12 rings (SSSR count). The number of aromatic hydroxyl groups is 1. The summed E-state index contributed by atoms with van der Waals surface area (Å²) in [4.78, 5) is 49.8. The molecule has 9 heterocycles. The van der Waals surface area contributed by atoms with Gasteiger partial charge in [0.05, 0.1) is 39.6 Å². The smallest absolute Gasteiger partial charge is 0.243 e. The number of aromatic nitrogens is 5. The normalized spacial score (nSPS) is 24.7. The molecule has 416 valence electrons. The molecule has 2 unspecified atom stereocenters. The van der Waals surface area contributed by atoms with Gasteiger partial charge in [-0.2, -0.15) is 0 Å². The van der Waals surface area contributed by atoms with Gasteiger partial charge in [-0.05, 0) is 131 Å². The standard InChI is InChI=1S/C60H74N12O6S/c1-36(2)55(59(76)71-34-45(73)28-50(71)58(75)64-37(3)40-9-11-41(12-10-40)56-38(4)63-35-79-56)52-30-53(67-78-52)69-23-18-60(19-24-69)16-21-68(22-17-60)31-39-25-46(26-39)77-54-27-42(15-20-62-54)72-43-13-14-44(72)33-70(32-43)49-29-48(65-66-57(49)61)47-7-5-6-8-51(47)74/h5-12,15,20,27,29-30,35-37,39,43-46,50,55,73-74H,13-14,16-19,21-26,28,31-34H2,1-4H3,(H2,61,66)(H,64,75)/t37-,39?,43?,44?,45+,46?,50-,55+/m0/s1. The first kappa shape index (κ1) is 52.8. The van der Waals surface area contributed by atoms with E-state index in [0.717, 1.165) is 123 Å². The van der Waals surface area contributed by atoms with Gasteiger partial charge in [0.25, 0.3) is 0 Å². The number of fused-ring (bicyclic) bond motifs is 2. The topological polar surface area (TPSA) is 216 Å². The van der Waals surface area contributed by atoms with Gasteiger partial charge >= 0.3 is 0 Å². The van der Waals surface area contributed by atoms with Gasteiger partial charge in [-0.3, -0.25) is 9.59 Å². The van der Waals surface area contributed by atoms with Gasteiger partial charge in [0.1, 0.15) is 23.8 Å². The number of likely N-dealkylation sites (tertiary alicyclic amines) is 2. The number of anilines is 4. The van der Waals surface area contributed by atoms with Crippen LogP contribution in [0.25, 0.3) is 21.7 Å². The number of piperazine rings is 1. The number of rotatable bonds is 15. The first-order valence-corrected chi connectivity index (χ1v) is 29.4. The van der Waals surface area contributed by atoms with Crippen LogP contribution >= 0.6 is 11.3 Å². The van der Waals surface area contributed by atoms with Gasteiger partial charge in [-0.25, -0.2) is 9.97 Å². The van der Waals surface area contributed by atoms with Crippen LogP contribution in [-0.2, 0) is 9.59 Å². The number of aliphatic hydroxyl groups is 1. The van der Waals surface area contributed by atoms with E-state index in [9.17, 15) is 19.8 Å². The van der Waals surface area contributed by atoms with Crippen LogP contribution in [-0.4, -0.2) is 140 Å². The minimum absolute atomic E-state index is 0.0880. The zero-order valence-electron chi connectivity index (χ0n) is 45.8. The molecule has 5 aliphatic heterocycles. The number of aryl methyl sites for hydroxylation is 1. The van der Waals surface area contributed by atoms with Crippen molar-refractivity contribution in [3.63, 3.8) is 0 Å². The maximum absolute atomic E-state index is 14.4. The van der Waals surface area contributed by atoms with Crippen molar-refractivity contribution in [1.29, 1.82) is 0 Å². The van der Waals surface area contributed by atoms with E-state index in [2.05, 4.69) is 62.4 Å². The molecular weight excluding hydrogens is 1020 g/mol. The van der Waals surface area contributed by atoms with Crippen molar-refractivity contribution in [1.82, 2.24) is 40.4 Å². The minimum Gasteiger partial charge on any atom is -0.507 e. The summed E-state index contributed by atoms with van der Waals surface area (Å²) in [6, 6.07) is 22.9. The quantitative estimate of drug-likeness (QED) is 0.0762. The number of nitrogen functional groups attached to an aromatic ring is 1. The van der Waals surface area contributed by atoms with Crippen LogP contribution < -0.4 is 30.5 Å². The third kappa shape index (κ3) is 10.8. The molecule has 19 heteroatoms. The zero-order chi connectivity index (χ0) is 54.5. The van der Waals surface area contributed by atoms with Crippen molar-refractivity contribution in [2.75, 3.05) is 72.8 Å². The van der Waals surface area contributed by atoms with E-state index in [-0.39, 0.29) is 48.6 Å².